The van der Waals surface area contributed by atoms with Crippen LogP contribution >= 0.6 is 0 Å². The maximum Gasteiger partial charge on any atom is 0.274 e. The van der Waals surface area contributed by atoms with Crippen LogP contribution in [0.1, 0.15) is 11.3 Å². The van der Waals surface area contributed by atoms with Crippen molar-refractivity contribution in [2.24, 2.45) is 0 Å². The first-order chi connectivity index (χ1) is 10.3. The van der Waals surface area contributed by atoms with E-state index < -0.39 is 0 Å². The molecule has 104 valence electrons. The molecule has 3 nitrogen and oxygen atoms in total. The summed E-state index contributed by atoms with van der Waals surface area (Å²) in [6, 6.07) is 17.6. The topological polar surface area (TPSA) is 34.9 Å². The quantitative estimate of drug-likeness (QED) is 0.734. The Balaban J connectivity index is 1.93. The molecule has 0 saturated heterocycles. The molecule has 0 radical (unpaired) electrons. The molecule has 3 aromatic rings. The molecule has 0 atom stereocenters. The fourth-order valence-electron chi connectivity index (χ4n) is 2.38. The van der Waals surface area contributed by atoms with Gasteiger partial charge in [-0.05, 0) is 18.6 Å². The average molecular weight is 276 g/mol. The molecule has 1 aromatic heterocycles. The number of hydrogen-bond acceptors (Lipinski definition) is 2. The minimum atomic E-state index is -0.0473. The normalized spacial score (nSPS) is 11.3. The van der Waals surface area contributed by atoms with Crippen LogP contribution in [0.25, 0.3) is 16.8 Å². The largest absolute Gasteiger partial charge is 0.274 e. The molecule has 0 fully saturated rings. The van der Waals surface area contributed by atoms with E-state index in [0.717, 1.165) is 22.0 Å². The number of nitrogens with zero attached hydrogens (tertiary/aromatic N) is 2. The van der Waals surface area contributed by atoms with Gasteiger partial charge in [0, 0.05) is 5.39 Å². The van der Waals surface area contributed by atoms with E-state index in [1.165, 1.54) is 4.68 Å². The second-order valence-electron chi connectivity index (χ2n) is 4.93. The van der Waals surface area contributed by atoms with Crippen molar-refractivity contribution in [2.75, 3.05) is 0 Å². The van der Waals surface area contributed by atoms with Crippen LogP contribution in [0.4, 0.5) is 0 Å². The molecule has 0 aliphatic carbocycles. The van der Waals surface area contributed by atoms with Gasteiger partial charge in [0.25, 0.3) is 5.56 Å². The lowest BCUT2D eigenvalue weighted by Gasteiger charge is -2.06. The monoisotopic (exact) mass is 276 g/mol. The molecule has 0 bridgehead atoms. The molecule has 0 amide bonds. The zero-order valence-electron chi connectivity index (χ0n) is 11.9. The third-order valence-electron chi connectivity index (χ3n) is 3.44. The number of hydrogen-bond donors (Lipinski definition) is 0. The van der Waals surface area contributed by atoms with E-state index in [1.54, 1.807) is 0 Å². The van der Waals surface area contributed by atoms with Gasteiger partial charge in [-0.3, -0.25) is 4.79 Å². The highest BCUT2D eigenvalue weighted by molar-refractivity contribution is 5.83. The van der Waals surface area contributed by atoms with Gasteiger partial charge in [0.2, 0.25) is 0 Å². The molecule has 3 heteroatoms. The molecule has 0 N–H and O–H groups in total. The Labute approximate surface area is 123 Å². The first-order valence-corrected chi connectivity index (χ1v) is 6.94. The van der Waals surface area contributed by atoms with Gasteiger partial charge < -0.3 is 0 Å². The van der Waals surface area contributed by atoms with Crippen LogP contribution in [0.3, 0.4) is 0 Å². The van der Waals surface area contributed by atoms with Crippen LogP contribution in [0.2, 0.25) is 0 Å². The van der Waals surface area contributed by atoms with Gasteiger partial charge in [-0.1, -0.05) is 60.7 Å². The second-order valence-corrected chi connectivity index (χ2v) is 4.93. The summed E-state index contributed by atoms with van der Waals surface area (Å²) in [7, 11) is 0. The van der Waals surface area contributed by atoms with Crippen molar-refractivity contribution >= 4 is 16.8 Å². The molecule has 0 aliphatic rings. The van der Waals surface area contributed by atoms with E-state index in [2.05, 4.69) is 5.10 Å². The summed E-state index contributed by atoms with van der Waals surface area (Å²) in [4.78, 5) is 12.4. The first-order valence-electron chi connectivity index (χ1n) is 6.94. The third kappa shape index (κ3) is 2.77. The fraction of sp³-hybridized carbons (Fsp3) is 0.111. The van der Waals surface area contributed by atoms with Gasteiger partial charge in [0.15, 0.2) is 0 Å². The molecule has 2 aromatic carbocycles. The summed E-state index contributed by atoms with van der Waals surface area (Å²) in [5, 5.41) is 6.03. The molecular formula is C18H16N2O. The maximum atomic E-state index is 12.4. The Bertz CT molecular complexity index is 848. The first kappa shape index (κ1) is 13.3. The zero-order chi connectivity index (χ0) is 14.7. The Morgan fingerprint density at radius 2 is 1.67 bits per heavy atom. The van der Waals surface area contributed by atoms with Gasteiger partial charge in [0.1, 0.15) is 0 Å². The summed E-state index contributed by atoms with van der Waals surface area (Å²) >= 11 is 0. The van der Waals surface area contributed by atoms with Crippen molar-refractivity contribution in [1.29, 1.82) is 0 Å². The van der Waals surface area contributed by atoms with Crippen LogP contribution in [-0.2, 0) is 6.54 Å². The smallest absolute Gasteiger partial charge is 0.267 e. The van der Waals surface area contributed by atoms with Crippen molar-refractivity contribution in [3.63, 3.8) is 0 Å². The minimum Gasteiger partial charge on any atom is -0.267 e. The van der Waals surface area contributed by atoms with Crippen LogP contribution in [0, 0.1) is 6.92 Å². The summed E-state index contributed by atoms with van der Waals surface area (Å²) in [6.45, 7) is 2.40. The summed E-state index contributed by atoms with van der Waals surface area (Å²) < 4.78 is 1.51. The van der Waals surface area contributed by atoms with Crippen molar-refractivity contribution < 1.29 is 0 Å². The lowest BCUT2D eigenvalue weighted by molar-refractivity contribution is 0.651. The van der Waals surface area contributed by atoms with Crippen molar-refractivity contribution in [2.45, 2.75) is 13.5 Å². The molecule has 1 heterocycles. The van der Waals surface area contributed by atoms with Gasteiger partial charge >= 0.3 is 0 Å². The van der Waals surface area contributed by atoms with Crippen LogP contribution in [-0.4, -0.2) is 9.78 Å². The SMILES string of the molecule is Cc1nn(C/C=C/c2ccccc2)c(=O)c2ccccc12. The number of rotatable bonds is 3. The van der Waals surface area contributed by atoms with Gasteiger partial charge in [-0.2, -0.15) is 5.10 Å². The molecule has 21 heavy (non-hydrogen) atoms. The highest BCUT2D eigenvalue weighted by Gasteiger charge is 2.05. The number of benzene rings is 2. The summed E-state index contributed by atoms with van der Waals surface area (Å²) in [5.74, 6) is 0. The second kappa shape index (κ2) is 5.75. The van der Waals surface area contributed by atoms with Crippen molar-refractivity contribution in [3.8, 4) is 0 Å². The zero-order valence-corrected chi connectivity index (χ0v) is 11.9. The molecule has 0 aliphatic heterocycles. The Morgan fingerprint density at radius 3 is 2.43 bits per heavy atom. The predicted molar refractivity (Wildman–Crippen MR) is 86.2 cm³/mol. The van der Waals surface area contributed by atoms with Crippen LogP contribution in [0.15, 0.2) is 65.5 Å². The minimum absolute atomic E-state index is 0.0473. The highest BCUT2D eigenvalue weighted by atomic mass is 16.1. The number of aryl methyl sites for hydroxylation is 1. The Hall–Kier alpha value is -2.68. The molecule has 0 unspecified atom stereocenters. The molecule has 0 saturated carbocycles. The standard InChI is InChI=1S/C18H16N2O/c1-14-16-11-5-6-12-17(16)18(21)20(19-14)13-7-10-15-8-3-2-4-9-15/h2-12H,13H2,1H3/b10-7+. The van der Waals surface area contributed by atoms with Gasteiger partial charge in [-0.15, -0.1) is 0 Å². The summed E-state index contributed by atoms with van der Waals surface area (Å²) in [6.07, 6.45) is 3.95. The average Bonchev–Trinajstić information content (AvgIpc) is 2.53. The predicted octanol–water partition coefficient (Wildman–Crippen LogP) is 3.42. The lowest BCUT2D eigenvalue weighted by atomic mass is 10.1. The van der Waals surface area contributed by atoms with Gasteiger partial charge in [-0.25, -0.2) is 4.68 Å². The lowest BCUT2D eigenvalue weighted by Crippen LogP contribution is -2.23. The van der Waals surface area contributed by atoms with Gasteiger partial charge in [0.05, 0.1) is 17.6 Å². The molecular weight excluding hydrogens is 260 g/mol. The molecule has 0 spiro atoms. The number of aromatic nitrogens is 2. The van der Waals surface area contributed by atoms with Crippen LogP contribution < -0.4 is 5.56 Å². The maximum absolute atomic E-state index is 12.4. The van der Waals surface area contributed by atoms with Crippen LogP contribution in [0.5, 0.6) is 0 Å². The molecule has 3 rings (SSSR count). The van der Waals surface area contributed by atoms with E-state index in [-0.39, 0.29) is 5.56 Å². The Morgan fingerprint density at radius 1 is 1.00 bits per heavy atom. The van der Waals surface area contributed by atoms with Crippen molar-refractivity contribution in [1.82, 2.24) is 9.78 Å². The van der Waals surface area contributed by atoms with E-state index >= 15 is 0 Å². The third-order valence-corrected chi connectivity index (χ3v) is 3.44. The number of allylic oxidation sites excluding steroid dienone is 1. The summed E-state index contributed by atoms with van der Waals surface area (Å²) in [5.41, 5.74) is 1.94. The Kier molecular flexibility index (Phi) is 3.65. The van der Waals surface area contributed by atoms with E-state index in [0.29, 0.717) is 6.54 Å². The van der Waals surface area contributed by atoms with E-state index in [4.69, 9.17) is 0 Å². The fourth-order valence-corrected chi connectivity index (χ4v) is 2.38. The van der Waals surface area contributed by atoms with Crippen molar-refractivity contribution in [3.05, 3.63) is 82.3 Å². The highest BCUT2D eigenvalue weighted by Crippen LogP contribution is 2.11. The number of fused-ring (bicyclic) bond motifs is 1. The van der Waals surface area contributed by atoms with E-state index in [1.807, 2.05) is 73.7 Å². The van der Waals surface area contributed by atoms with E-state index in [9.17, 15) is 4.79 Å².